The lowest BCUT2D eigenvalue weighted by Gasteiger charge is -2.15. The van der Waals surface area contributed by atoms with Gasteiger partial charge in [0.25, 0.3) is 0 Å². The van der Waals surface area contributed by atoms with Gasteiger partial charge in [-0.15, -0.1) is 0 Å². The zero-order valence-corrected chi connectivity index (χ0v) is 23.5. The maximum absolute atomic E-state index is 13.0. The number of aromatic nitrogens is 2. The summed E-state index contributed by atoms with van der Waals surface area (Å²) in [5.41, 5.74) is 5.34. The first-order valence-corrected chi connectivity index (χ1v) is 13.6. The van der Waals surface area contributed by atoms with Crippen LogP contribution in [0.4, 0.5) is 52.5 Å². The van der Waals surface area contributed by atoms with Crippen molar-refractivity contribution >= 4 is 68.9 Å². The molecule has 4 aromatic carbocycles. The topological polar surface area (TPSA) is 128 Å². The van der Waals surface area contributed by atoms with Crippen LogP contribution >= 0.6 is 11.6 Å². The molecule has 1 aliphatic rings. The van der Waals surface area contributed by atoms with E-state index in [1.165, 1.54) is 0 Å². The number of carbonyl (C=O) groups is 2. The molecule has 44 heavy (non-hydrogen) atoms. The van der Waals surface area contributed by atoms with Crippen LogP contribution in [-0.4, -0.2) is 33.3 Å². The predicted molar refractivity (Wildman–Crippen MR) is 164 cm³/mol. The van der Waals surface area contributed by atoms with Crippen molar-refractivity contribution in [1.82, 2.24) is 9.97 Å². The molecule has 0 unspecified atom stereocenters. The van der Waals surface area contributed by atoms with Crippen LogP contribution in [0, 0.1) is 0 Å². The molecule has 0 atom stereocenters. The van der Waals surface area contributed by atoms with Gasteiger partial charge in [0, 0.05) is 22.4 Å². The minimum atomic E-state index is -5.08. The number of anilines is 6. The van der Waals surface area contributed by atoms with Gasteiger partial charge in [0.2, 0.25) is 5.95 Å². The Labute approximate surface area is 254 Å². The summed E-state index contributed by atoms with van der Waals surface area (Å²) in [6.07, 6.45) is -2.01. The Morgan fingerprint density at radius 2 is 1.55 bits per heavy atom. The van der Waals surface area contributed by atoms with Crippen molar-refractivity contribution in [2.45, 2.75) is 19.0 Å². The molecular formula is C31H24ClF3N6O3. The van der Waals surface area contributed by atoms with E-state index in [1.807, 2.05) is 72.8 Å². The monoisotopic (exact) mass is 620 g/mol. The molecule has 0 saturated heterocycles. The van der Waals surface area contributed by atoms with E-state index >= 15 is 0 Å². The Morgan fingerprint density at radius 1 is 0.841 bits per heavy atom. The molecule has 1 aliphatic heterocycles. The van der Waals surface area contributed by atoms with E-state index in [2.05, 4.69) is 43.4 Å². The largest absolute Gasteiger partial charge is 0.490 e. The zero-order valence-electron chi connectivity index (χ0n) is 22.7. The number of urea groups is 1. The van der Waals surface area contributed by atoms with Crippen LogP contribution in [0.25, 0.3) is 10.8 Å². The Balaban J connectivity index is 0.000000493. The average molecular weight is 621 g/mol. The first-order chi connectivity index (χ1) is 21.0. The quantitative estimate of drug-likeness (QED) is 0.135. The van der Waals surface area contributed by atoms with Crippen LogP contribution in [0.2, 0.25) is 5.02 Å². The van der Waals surface area contributed by atoms with Crippen LogP contribution in [0.3, 0.4) is 0 Å². The molecule has 6 rings (SSSR count). The smallest absolute Gasteiger partial charge is 0.475 e. The second kappa shape index (κ2) is 12.9. The van der Waals surface area contributed by atoms with Crippen LogP contribution in [0.1, 0.15) is 11.1 Å². The summed E-state index contributed by atoms with van der Waals surface area (Å²) in [7, 11) is 0. The molecule has 5 aromatic rings. The molecule has 1 aromatic heterocycles. The number of carbonyl (C=O) groups excluding carboxylic acids is 1. The van der Waals surface area contributed by atoms with Gasteiger partial charge < -0.3 is 26.4 Å². The zero-order chi connectivity index (χ0) is 31.3. The fourth-order valence-electron chi connectivity index (χ4n) is 4.47. The minimum absolute atomic E-state index is 0.300. The van der Waals surface area contributed by atoms with Gasteiger partial charge in [-0.25, -0.2) is 14.6 Å². The second-order valence-corrected chi connectivity index (χ2v) is 10.0. The number of aryl methyl sites for hydroxylation is 2. The summed E-state index contributed by atoms with van der Waals surface area (Å²) >= 11 is 6.37. The van der Waals surface area contributed by atoms with Crippen molar-refractivity contribution in [3.05, 3.63) is 107 Å². The van der Waals surface area contributed by atoms with Crippen molar-refractivity contribution in [3.63, 3.8) is 0 Å². The number of hydrogen-bond donors (Lipinski definition) is 5. The highest BCUT2D eigenvalue weighted by atomic mass is 35.5. The number of halogens is 4. The summed E-state index contributed by atoms with van der Waals surface area (Å²) in [4.78, 5) is 30.8. The minimum Gasteiger partial charge on any atom is -0.475 e. The molecule has 2 heterocycles. The number of carboxylic acids is 1. The van der Waals surface area contributed by atoms with Gasteiger partial charge in [0.1, 0.15) is 5.02 Å². The lowest BCUT2D eigenvalue weighted by Crippen LogP contribution is -2.21. The Bertz CT molecular complexity index is 1850. The van der Waals surface area contributed by atoms with Gasteiger partial charge in [-0.05, 0) is 65.8 Å². The standard InChI is InChI=1S/C29H23ClN6O.C2HF3O2/c30-24-17-31-28-33-21-8-3-5-18(15-21)11-12-20-16-22(32-27(24)36-28)13-14-25(20)34-29(37)35-26-10-4-7-19-6-1-2-9-23(19)26;3-2(4,5)1(6)7/h1-10,13-17H,11-12H2,(H2,34,35,37)(H2,31,32,33,36);(H,6,7). The number of amides is 2. The SMILES string of the molecule is O=C(Nc1ccc2cc1CCc1cccc(c1)Nc1ncc(Cl)c(n1)N2)Nc1cccc2ccccc12.O=C(O)C(F)(F)F. The highest BCUT2D eigenvalue weighted by Crippen LogP contribution is 2.30. The molecule has 0 saturated carbocycles. The van der Waals surface area contributed by atoms with Crippen LogP contribution in [0.15, 0.2) is 91.1 Å². The van der Waals surface area contributed by atoms with Gasteiger partial charge in [-0.3, -0.25) is 0 Å². The van der Waals surface area contributed by atoms with E-state index in [4.69, 9.17) is 21.5 Å². The molecule has 13 heteroatoms. The third-order valence-corrected chi connectivity index (χ3v) is 6.78. The summed E-state index contributed by atoms with van der Waals surface area (Å²) in [6, 6.07) is 27.5. The number of rotatable bonds is 2. The maximum atomic E-state index is 13.0. The second-order valence-electron chi connectivity index (χ2n) is 9.62. The first kappa shape index (κ1) is 30.1. The number of nitrogens with one attached hydrogen (secondary N) is 4. The normalized spacial score (nSPS) is 12.1. The number of nitrogens with zero attached hydrogens (tertiary/aromatic N) is 2. The van der Waals surface area contributed by atoms with Crippen molar-refractivity contribution < 1.29 is 27.9 Å². The molecule has 224 valence electrons. The third-order valence-electron chi connectivity index (χ3n) is 6.51. The molecule has 0 radical (unpaired) electrons. The van der Waals surface area contributed by atoms with E-state index in [1.54, 1.807) is 6.20 Å². The van der Waals surface area contributed by atoms with Gasteiger partial charge >= 0.3 is 18.2 Å². The van der Waals surface area contributed by atoms with E-state index in [0.717, 1.165) is 57.5 Å². The predicted octanol–water partition coefficient (Wildman–Crippen LogP) is 8.15. The van der Waals surface area contributed by atoms with E-state index in [9.17, 15) is 18.0 Å². The molecular weight excluding hydrogens is 597 g/mol. The van der Waals surface area contributed by atoms with Gasteiger partial charge in [-0.1, -0.05) is 60.1 Å². The van der Waals surface area contributed by atoms with Crippen molar-refractivity contribution in [3.8, 4) is 0 Å². The number of carboxylic acid groups (broad SMARTS) is 1. The molecule has 9 nitrogen and oxygen atoms in total. The van der Waals surface area contributed by atoms with Crippen LogP contribution in [0.5, 0.6) is 0 Å². The summed E-state index contributed by atoms with van der Waals surface area (Å²) in [5, 5.41) is 22.2. The number of benzene rings is 4. The Hall–Kier alpha value is -5.36. The third kappa shape index (κ3) is 7.53. The van der Waals surface area contributed by atoms with Gasteiger partial charge in [0.05, 0.1) is 11.9 Å². The molecule has 0 spiro atoms. The highest BCUT2D eigenvalue weighted by molar-refractivity contribution is 6.32. The van der Waals surface area contributed by atoms with Gasteiger partial charge in [0.15, 0.2) is 5.82 Å². The van der Waals surface area contributed by atoms with Crippen LogP contribution in [-0.2, 0) is 17.6 Å². The first-order valence-electron chi connectivity index (χ1n) is 13.2. The lowest BCUT2D eigenvalue weighted by atomic mass is 10.0. The highest BCUT2D eigenvalue weighted by Gasteiger charge is 2.38. The Kier molecular flexibility index (Phi) is 8.81. The molecule has 2 amide bonds. The fourth-order valence-corrected chi connectivity index (χ4v) is 4.61. The molecule has 6 bridgehead atoms. The number of alkyl halides is 3. The number of fused-ring (bicyclic) bond motifs is 7. The molecule has 0 fully saturated rings. The van der Waals surface area contributed by atoms with E-state index in [0.29, 0.717) is 16.8 Å². The summed E-state index contributed by atoms with van der Waals surface area (Å²) in [6.45, 7) is 0. The van der Waals surface area contributed by atoms with E-state index in [-0.39, 0.29) is 6.03 Å². The Morgan fingerprint density at radius 3 is 2.34 bits per heavy atom. The van der Waals surface area contributed by atoms with E-state index < -0.39 is 12.1 Å². The molecule has 5 N–H and O–H groups in total. The maximum Gasteiger partial charge on any atom is 0.490 e. The summed E-state index contributed by atoms with van der Waals surface area (Å²) in [5.74, 6) is -1.81. The van der Waals surface area contributed by atoms with Crippen molar-refractivity contribution in [1.29, 1.82) is 0 Å². The number of aliphatic carboxylic acids is 1. The molecule has 0 aliphatic carbocycles. The number of hydrogen-bond acceptors (Lipinski definition) is 6. The van der Waals surface area contributed by atoms with Crippen LogP contribution < -0.4 is 21.3 Å². The summed E-state index contributed by atoms with van der Waals surface area (Å²) < 4.78 is 31.7. The lowest BCUT2D eigenvalue weighted by molar-refractivity contribution is -0.192. The van der Waals surface area contributed by atoms with Crippen molar-refractivity contribution in [2.24, 2.45) is 0 Å². The van der Waals surface area contributed by atoms with Crippen molar-refractivity contribution in [2.75, 3.05) is 21.3 Å². The van der Waals surface area contributed by atoms with Gasteiger partial charge in [-0.2, -0.15) is 18.2 Å². The fraction of sp³-hybridized carbons (Fsp3) is 0.0968. The average Bonchev–Trinajstić information content (AvgIpc) is 2.99.